The van der Waals surface area contributed by atoms with Crippen LogP contribution in [0.4, 0.5) is 0 Å². The summed E-state index contributed by atoms with van der Waals surface area (Å²) in [5.41, 5.74) is -1.02. The monoisotopic (exact) mass is 285 g/mol. The Hall–Kier alpha value is -0.710. The molecule has 0 spiro atoms. The molecule has 1 aliphatic carbocycles. The predicted octanol–water partition coefficient (Wildman–Crippen LogP) is 2.28. The standard InChI is InChI=1S/C14H23NO3S/c1-10(8-11-4-2-3-5-11)12(16)15-14(13(17)18)6-7-19-9-14/h10-11H,2-9H2,1H3,(H,15,16)(H,17,18). The molecule has 0 aromatic rings. The van der Waals surface area contributed by atoms with Crippen LogP contribution in [0.15, 0.2) is 0 Å². The molecule has 4 nitrogen and oxygen atoms in total. The van der Waals surface area contributed by atoms with Gasteiger partial charge >= 0.3 is 5.97 Å². The molecule has 1 amide bonds. The first-order valence-electron chi connectivity index (χ1n) is 7.17. The van der Waals surface area contributed by atoms with Crippen molar-refractivity contribution in [2.45, 2.75) is 51.0 Å². The summed E-state index contributed by atoms with van der Waals surface area (Å²) in [5.74, 6) is 0.897. The zero-order chi connectivity index (χ0) is 13.9. The highest BCUT2D eigenvalue weighted by Crippen LogP contribution is 2.32. The highest BCUT2D eigenvalue weighted by atomic mass is 32.2. The summed E-state index contributed by atoms with van der Waals surface area (Å²) in [7, 11) is 0. The molecule has 1 saturated heterocycles. The van der Waals surface area contributed by atoms with Crippen molar-refractivity contribution in [2.24, 2.45) is 11.8 Å². The van der Waals surface area contributed by atoms with Crippen molar-refractivity contribution in [2.75, 3.05) is 11.5 Å². The van der Waals surface area contributed by atoms with E-state index in [9.17, 15) is 14.7 Å². The fourth-order valence-corrected chi connectivity index (χ4v) is 4.42. The van der Waals surface area contributed by atoms with E-state index in [-0.39, 0.29) is 11.8 Å². The van der Waals surface area contributed by atoms with Crippen LogP contribution in [0.25, 0.3) is 0 Å². The topological polar surface area (TPSA) is 66.4 Å². The van der Waals surface area contributed by atoms with Gasteiger partial charge in [0.25, 0.3) is 0 Å². The Morgan fingerprint density at radius 2 is 2.11 bits per heavy atom. The van der Waals surface area contributed by atoms with Gasteiger partial charge in [-0.25, -0.2) is 4.79 Å². The van der Waals surface area contributed by atoms with Crippen molar-refractivity contribution in [3.8, 4) is 0 Å². The van der Waals surface area contributed by atoms with E-state index in [1.807, 2.05) is 6.92 Å². The summed E-state index contributed by atoms with van der Waals surface area (Å²) in [6.45, 7) is 1.92. The number of hydrogen-bond donors (Lipinski definition) is 2. The van der Waals surface area contributed by atoms with Crippen LogP contribution in [-0.2, 0) is 9.59 Å². The summed E-state index contributed by atoms with van der Waals surface area (Å²) in [6, 6.07) is 0. The van der Waals surface area contributed by atoms with Gasteiger partial charge in [-0.15, -0.1) is 0 Å². The van der Waals surface area contributed by atoms with Crippen LogP contribution in [0.2, 0.25) is 0 Å². The molecule has 0 bridgehead atoms. The minimum atomic E-state index is -1.02. The second-order valence-corrected chi connectivity index (χ2v) is 7.07. The second kappa shape index (κ2) is 6.16. The summed E-state index contributed by atoms with van der Waals surface area (Å²) >= 11 is 1.60. The van der Waals surface area contributed by atoms with Crippen LogP contribution in [0.1, 0.15) is 45.4 Å². The van der Waals surface area contributed by atoms with Gasteiger partial charge in [-0.3, -0.25) is 4.79 Å². The van der Waals surface area contributed by atoms with Gasteiger partial charge in [0.05, 0.1) is 0 Å². The second-order valence-electron chi connectivity index (χ2n) is 5.97. The van der Waals surface area contributed by atoms with Gasteiger partial charge in [-0.1, -0.05) is 32.6 Å². The molecule has 108 valence electrons. The lowest BCUT2D eigenvalue weighted by molar-refractivity contribution is -0.147. The van der Waals surface area contributed by atoms with Gasteiger partial charge in [-0.05, 0) is 24.5 Å². The highest BCUT2D eigenvalue weighted by Gasteiger charge is 2.43. The fourth-order valence-electron chi connectivity index (χ4n) is 3.10. The molecular weight excluding hydrogens is 262 g/mol. The van der Waals surface area contributed by atoms with Crippen LogP contribution in [0.5, 0.6) is 0 Å². The smallest absolute Gasteiger partial charge is 0.330 e. The average molecular weight is 285 g/mol. The first-order valence-corrected chi connectivity index (χ1v) is 8.32. The van der Waals surface area contributed by atoms with E-state index >= 15 is 0 Å². The van der Waals surface area contributed by atoms with E-state index in [0.29, 0.717) is 18.1 Å². The molecule has 1 saturated carbocycles. The van der Waals surface area contributed by atoms with E-state index in [1.54, 1.807) is 11.8 Å². The van der Waals surface area contributed by atoms with E-state index in [0.717, 1.165) is 12.2 Å². The molecule has 1 heterocycles. The summed E-state index contributed by atoms with van der Waals surface area (Å²) in [4.78, 5) is 23.6. The van der Waals surface area contributed by atoms with Gasteiger partial charge in [0.2, 0.25) is 5.91 Å². The van der Waals surface area contributed by atoms with Gasteiger partial charge in [0.15, 0.2) is 0 Å². The summed E-state index contributed by atoms with van der Waals surface area (Å²) in [6.07, 6.45) is 6.42. The van der Waals surface area contributed by atoms with Crippen molar-refractivity contribution < 1.29 is 14.7 Å². The minimum Gasteiger partial charge on any atom is -0.479 e. The van der Waals surface area contributed by atoms with Crippen LogP contribution in [-0.4, -0.2) is 34.0 Å². The summed E-state index contributed by atoms with van der Waals surface area (Å²) in [5, 5.41) is 12.2. The van der Waals surface area contributed by atoms with Gasteiger partial charge in [0.1, 0.15) is 5.54 Å². The summed E-state index contributed by atoms with van der Waals surface area (Å²) < 4.78 is 0. The van der Waals surface area contributed by atoms with E-state index in [4.69, 9.17) is 0 Å². The van der Waals surface area contributed by atoms with Crippen molar-refractivity contribution in [1.29, 1.82) is 0 Å². The number of carboxylic acids is 1. The Bertz CT molecular complexity index is 347. The number of hydrogen-bond acceptors (Lipinski definition) is 3. The van der Waals surface area contributed by atoms with E-state index < -0.39 is 11.5 Å². The molecule has 0 aromatic heterocycles. The largest absolute Gasteiger partial charge is 0.479 e. The predicted molar refractivity (Wildman–Crippen MR) is 76.2 cm³/mol. The maximum atomic E-state index is 12.2. The van der Waals surface area contributed by atoms with Gasteiger partial charge in [-0.2, -0.15) is 11.8 Å². The molecule has 2 unspecified atom stereocenters. The number of carbonyl (C=O) groups excluding carboxylic acids is 1. The Morgan fingerprint density at radius 3 is 2.63 bits per heavy atom. The minimum absolute atomic E-state index is 0.0788. The lowest BCUT2D eigenvalue weighted by Gasteiger charge is -2.27. The van der Waals surface area contributed by atoms with Crippen molar-refractivity contribution in [1.82, 2.24) is 5.32 Å². The van der Waals surface area contributed by atoms with Gasteiger partial charge < -0.3 is 10.4 Å². The Morgan fingerprint density at radius 1 is 1.42 bits per heavy atom. The number of carbonyl (C=O) groups is 2. The van der Waals surface area contributed by atoms with E-state index in [1.165, 1.54) is 25.7 Å². The molecule has 2 fully saturated rings. The number of nitrogens with one attached hydrogen (secondary N) is 1. The molecule has 0 radical (unpaired) electrons. The highest BCUT2D eigenvalue weighted by molar-refractivity contribution is 7.99. The average Bonchev–Trinajstić information content (AvgIpc) is 3.00. The van der Waals surface area contributed by atoms with Crippen LogP contribution < -0.4 is 5.32 Å². The number of carboxylic acid groups (broad SMARTS) is 1. The van der Waals surface area contributed by atoms with Crippen molar-refractivity contribution in [3.05, 3.63) is 0 Å². The number of thioether (sulfide) groups is 1. The molecule has 2 atom stereocenters. The first kappa shape index (κ1) is 14.7. The maximum absolute atomic E-state index is 12.2. The first-order chi connectivity index (χ1) is 9.03. The Kier molecular flexibility index (Phi) is 4.76. The van der Waals surface area contributed by atoms with E-state index in [2.05, 4.69) is 5.32 Å². The molecule has 2 N–H and O–H groups in total. The maximum Gasteiger partial charge on any atom is 0.330 e. The number of amides is 1. The lowest BCUT2D eigenvalue weighted by atomic mass is 9.92. The van der Waals surface area contributed by atoms with Crippen LogP contribution in [0.3, 0.4) is 0 Å². The SMILES string of the molecule is CC(CC1CCCC1)C(=O)NC1(C(=O)O)CCSC1. The fraction of sp³-hybridized carbons (Fsp3) is 0.857. The zero-order valence-electron chi connectivity index (χ0n) is 11.5. The molecule has 2 aliphatic rings. The third kappa shape index (κ3) is 3.44. The Labute approximate surface area is 118 Å². The van der Waals surface area contributed by atoms with Crippen molar-refractivity contribution >= 4 is 23.6 Å². The van der Waals surface area contributed by atoms with Gasteiger partial charge in [0, 0.05) is 11.7 Å². The number of aliphatic carboxylic acids is 1. The normalized spacial score (nSPS) is 29.3. The quantitative estimate of drug-likeness (QED) is 0.813. The Balaban J connectivity index is 1.89. The zero-order valence-corrected chi connectivity index (χ0v) is 12.3. The third-order valence-corrected chi connectivity index (χ3v) is 5.59. The number of rotatable bonds is 5. The molecule has 2 rings (SSSR count). The van der Waals surface area contributed by atoms with Crippen LogP contribution in [0, 0.1) is 11.8 Å². The molecule has 0 aromatic carbocycles. The van der Waals surface area contributed by atoms with Crippen LogP contribution >= 0.6 is 11.8 Å². The molecule has 1 aliphatic heterocycles. The van der Waals surface area contributed by atoms with Crippen molar-refractivity contribution in [3.63, 3.8) is 0 Å². The molecule has 19 heavy (non-hydrogen) atoms. The molecule has 5 heteroatoms. The molecular formula is C14H23NO3S. The lowest BCUT2D eigenvalue weighted by Crippen LogP contribution is -2.56. The third-order valence-electron chi connectivity index (χ3n) is 4.40.